The zero-order valence-electron chi connectivity index (χ0n) is 10.8. The van der Waals surface area contributed by atoms with Crippen molar-refractivity contribution in [2.24, 2.45) is 0 Å². The molecule has 1 saturated heterocycles. The highest BCUT2D eigenvalue weighted by atomic mass is 16.5. The van der Waals surface area contributed by atoms with Gasteiger partial charge in [0.05, 0.1) is 18.8 Å². The SMILES string of the molecule is Cc1cc(C2CNCCO2)ccc1OC(C)C. The lowest BCUT2D eigenvalue weighted by Crippen LogP contribution is -2.33. The van der Waals surface area contributed by atoms with Crippen LogP contribution in [-0.4, -0.2) is 25.8 Å². The van der Waals surface area contributed by atoms with Crippen LogP contribution in [0.15, 0.2) is 18.2 Å². The Morgan fingerprint density at radius 1 is 1.41 bits per heavy atom. The van der Waals surface area contributed by atoms with Gasteiger partial charge in [-0.2, -0.15) is 0 Å². The number of nitrogens with one attached hydrogen (secondary N) is 1. The van der Waals surface area contributed by atoms with Crippen LogP contribution in [0.4, 0.5) is 0 Å². The first kappa shape index (κ1) is 12.4. The van der Waals surface area contributed by atoms with Crippen molar-refractivity contribution in [1.29, 1.82) is 0 Å². The van der Waals surface area contributed by atoms with Crippen molar-refractivity contribution >= 4 is 0 Å². The Morgan fingerprint density at radius 3 is 2.82 bits per heavy atom. The molecule has 1 aliphatic heterocycles. The summed E-state index contributed by atoms with van der Waals surface area (Å²) in [5, 5.41) is 3.34. The summed E-state index contributed by atoms with van der Waals surface area (Å²) in [7, 11) is 0. The molecule has 1 aliphatic rings. The van der Waals surface area contributed by atoms with Crippen molar-refractivity contribution in [3.05, 3.63) is 29.3 Å². The van der Waals surface area contributed by atoms with Crippen LogP contribution in [0, 0.1) is 6.92 Å². The van der Waals surface area contributed by atoms with Crippen LogP contribution in [0.2, 0.25) is 0 Å². The Morgan fingerprint density at radius 2 is 2.24 bits per heavy atom. The van der Waals surface area contributed by atoms with E-state index in [2.05, 4.69) is 24.4 Å². The van der Waals surface area contributed by atoms with E-state index < -0.39 is 0 Å². The van der Waals surface area contributed by atoms with Crippen LogP contribution in [-0.2, 0) is 4.74 Å². The summed E-state index contributed by atoms with van der Waals surface area (Å²) in [6.45, 7) is 8.79. The van der Waals surface area contributed by atoms with Crippen molar-refractivity contribution in [2.75, 3.05) is 19.7 Å². The first-order chi connectivity index (χ1) is 8.16. The van der Waals surface area contributed by atoms with Gasteiger partial charge in [-0.15, -0.1) is 0 Å². The van der Waals surface area contributed by atoms with Gasteiger partial charge in [0.25, 0.3) is 0 Å². The van der Waals surface area contributed by atoms with Crippen LogP contribution in [0.1, 0.15) is 31.1 Å². The molecular formula is C14H21NO2. The normalized spacial score (nSPS) is 20.6. The average Bonchev–Trinajstić information content (AvgIpc) is 2.32. The molecule has 17 heavy (non-hydrogen) atoms. The molecule has 1 N–H and O–H groups in total. The summed E-state index contributed by atoms with van der Waals surface area (Å²) in [4.78, 5) is 0. The largest absolute Gasteiger partial charge is 0.491 e. The van der Waals surface area contributed by atoms with Crippen LogP contribution in [0.5, 0.6) is 5.75 Å². The summed E-state index contributed by atoms with van der Waals surface area (Å²) >= 11 is 0. The molecule has 0 saturated carbocycles. The van der Waals surface area contributed by atoms with Crippen LogP contribution in [0.25, 0.3) is 0 Å². The summed E-state index contributed by atoms with van der Waals surface area (Å²) in [6.07, 6.45) is 0.391. The van der Waals surface area contributed by atoms with Gasteiger partial charge in [-0.05, 0) is 44.0 Å². The minimum atomic E-state index is 0.176. The quantitative estimate of drug-likeness (QED) is 0.873. The number of rotatable bonds is 3. The van der Waals surface area contributed by atoms with Crippen molar-refractivity contribution < 1.29 is 9.47 Å². The first-order valence-electron chi connectivity index (χ1n) is 6.26. The molecular weight excluding hydrogens is 214 g/mol. The van der Waals surface area contributed by atoms with Gasteiger partial charge in [0, 0.05) is 13.1 Å². The number of hydrogen-bond acceptors (Lipinski definition) is 3. The molecule has 2 rings (SSSR count). The Balaban J connectivity index is 2.12. The fraction of sp³-hybridized carbons (Fsp3) is 0.571. The van der Waals surface area contributed by atoms with E-state index in [9.17, 15) is 0 Å². The summed E-state index contributed by atoms with van der Waals surface area (Å²) in [5.74, 6) is 0.965. The molecule has 0 aliphatic carbocycles. The number of aryl methyl sites for hydroxylation is 1. The van der Waals surface area contributed by atoms with Crippen LogP contribution >= 0.6 is 0 Å². The maximum Gasteiger partial charge on any atom is 0.122 e. The average molecular weight is 235 g/mol. The van der Waals surface area contributed by atoms with E-state index in [1.807, 2.05) is 19.9 Å². The lowest BCUT2D eigenvalue weighted by molar-refractivity contribution is 0.0276. The topological polar surface area (TPSA) is 30.5 Å². The highest BCUT2D eigenvalue weighted by molar-refractivity contribution is 5.37. The van der Waals surface area contributed by atoms with E-state index in [1.54, 1.807) is 0 Å². The lowest BCUT2D eigenvalue weighted by atomic mass is 10.0. The van der Waals surface area contributed by atoms with Crippen molar-refractivity contribution in [3.63, 3.8) is 0 Å². The second-order valence-electron chi connectivity index (χ2n) is 4.76. The third-order valence-electron chi connectivity index (χ3n) is 2.86. The second kappa shape index (κ2) is 5.52. The molecule has 1 aromatic rings. The van der Waals surface area contributed by atoms with E-state index in [0.717, 1.165) is 25.4 Å². The van der Waals surface area contributed by atoms with Crippen molar-refractivity contribution in [3.8, 4) is 5.75 Å². The van der Waals surface area contributed by atoms with Gasteiger partial charge in [0.2, 0.25) is 0 Å². The highest BCUT2D eigenvalue weighted by Gasteiger charge is 2.16. The highest BCUT2D eigenvalue weighted by Crippen LogP contribution is 2.25. The standard InChI is InChI=1S/C14H21NO2/c1-10(2)17-13-5-4-12(8-11(13)3)14-9-15-6-7-16-14/h4-5,8,10,14-15H,6-7,9H2,1-3H3. The van der Waals surface area contributed by atoms with E-state index in [1.165, 1.54) is 11.1 Å². The van der Waals surface area contributed by atoms with Crippen LogP contribution in [0.3, 0.4) is 0 Å². The number of hydrogen-bond donors (Lipinski definition) is 1. The van der Waals surface area contributed by atoms with E-state index >= 15 is 0 Å². The number of benzene rings is 1. The molecule has 1 unspecified atom stereocenters. The Bertz CT molecular complexity index is 370. The smallest absolute Gasteiger partial charge is 0.122 e. The third-order valence-corrected chi connectivity index (χ3v) is 2.86. The molecule has 0 radical (unpaired) electrons. The van der Waals surface area contributed by atoms with Crippen LogP contribution < -0.4 is 10.1 Å². The maximum atomic E-state index is 5.74. The molecule has 0 bridgehead atoms. The molecule has 0 amide bonds. The summed E-state index contributed by atoms with van der Waals surface area (Å²) < 4.78 is 11.5. The van der Waals surface area contributed by atoms with Gasteiger partial charge in [-0.1, -0.05) is 6.07 Å². The molecule has 1 fully saturated rings. The van der Waals surface area contributed by atoms with Gasteiger partial charge in [-0.25, -0.2) is 0 Å². The third kappa shape index (κ3) is 3.20. The molecule has 3 nitrogen and oxygen atoms in total. The fourth-order valence-electron chi connectivity index (χ4n) is 2.04. The van der Waals surface area contributed by atoms with Gasteiger partial charge in [0.15, 0.2) is 0 Å². The van der Waals surface area contributed by atoms with E-state index in [4.69, 9.17) is 9.47 Å². The lowest BCUT2D eigenvalue weighted by Gasteiger charge is -2.24. The molecule has 3 heteroatoms. The van der Waals surface area contributed by atoms with Crippen molar-refractivity contribution in [1.82, 2.24) is 5.32 Å². The molecule has 0 spiro atoms. The summed E-state index contributed by atoms with van der Waals surface area (Å²) in [5.41, 5.74) is 2.40. The fourth-order valence-corrected chi connectivity index (χ4v) is 2.04. The first-order valence-corrected chi connectivity index (χ1v) is 6.26. The predicted octanol–water partition coefficient (Wildman–Crippen LogP) is 2.44. The molecule has 1 atom stereocenters. The minimum absolute atomic E-state index is 0.176. The van der Waals surface area contributed by atoms with E-state index in [0.29, 0.717) is 0 Å². The monoisotopic (exact) mass is 235 g/mol. The molecule has 1 heterocycles. The zero-order valence-corrected chi connectivity index (χ0v) is 10.8. The van der Waals surface area contributed by atoms with Gasteiger partial charge >= 0.3 is 0 Å². The molecule has 0 aromatic heterocycles. The molecule has 94 valence electrons. The van der Waals surface area contributed by atoms with Crippen molar-refractivity contribution in [2.45, 2.75) is 33.0 Å². The van der Waals surface area contributed by atoms with Gasteiger partial charge in [0.1, 0.15) is 5.75 Å². The van der Waals surface area contributed by atoms with E-state index in [-0.39, 0.29) is 12.2 Å². The predicted molar refractivity (Wildman–Crippen MR) is 68.5 cm³/mol. The minimum Gasteiger partial charge on any atom is -0.491 e. The second-order valence-corrected chi connectivity index (χ2v) is 4.76. The maximum absolute atomic E-state index is 5.74. The number of ether oxygens (including phenoxy) is 2. The van der Waals surface area contributed by atoms with Gasteiger partial charge in [-0.3, -0.25) is 0 Å². The zero-order chi connectivity index (χ0) is 12.3. The Kier molecular flexibility index (Phi) is 4.02. The van der Waals surface area contributed by atoms with Gasteiger partial charge < -0.3 is 14.8 Å². The Labute approximate surface area is 103 Å². The number of morpholine rings is 1. The Hall–Kier alpha value is -1.06. The molecule has 1 aromatic carbocycles. The summed E-state index contributed by atoms with van der Waals surface area (Å²) in [6, 6.07) is 6.31.